The topological polar surface area (TPSA) is 72.9 Å². The molecule has 4 rings (SSSR count). The van der Waals surface area contributed by atoms with Gasteiger partial charge in [-0.15, -0.1) is 6.58 Å². The maximum atomic E-state index is 14.5. The van der Waals surface area contributed by atoms with Crippen LogP contribution in [0.1, 0.15) is 44.7 Å². The lowest BCUT2D eigenvalue weighted by molar-refractivity contribution is -0.278. The van der Waals surface area contributed by atoms with E-state index in [1.54, 1.807) is 36.4 Å². The number of methoxy groups -OCH3 is 1. The number of alkyl halides is 3. The number of ether oxygens (including phenoxy) is 2. The number of carbonyl (C=O) groups excluding carboxylic acids is 3. The van der Waals surface area contributed by atoms with Crippen LogP contribution in [0.2, 0.25) is 0 Å². The van der Waals surface area contributed by atoms with E-state index in [9.17, 15) is 27.6 Å². The van der Waals surface area contributed by atoms with Gasteiger partial charge in [-0.2, -0.15) is 13.2 Å². The number of benzene rings is 3. The second-order valence-corrected chi connectivity index (χ2v) is 9.41. The van der Waals surface area contributed by atoms with E-state index in [4.69, 9.17) is 9.47 Å². The first-order valence-electron chi connectivity index (χ1n) is 12.6. The van der Waals surface area contributed by atoms with Crippen molar-refractivity contribution < 1.29 is 37.0 Å². The van der Waals surface area contributed by atoms with Crippen LogP contribution in [-0.2, 0) is 26.3 Å². The monoisotopic (exact) mass is 551 g/mol. The molecule has 0 spiro atoms. The second kappa shape index (κ2) is 11.9. The lowest BCUT2D eigenvalue weighted by atomic mass is 9.92. The molecule has 3 aromatic rings. The molecule has 9 heteroatoms. The van der Waals surface area contributed by atoms with Crippen LogP contribution in [0.15, 0.2) is 97.6 Å². The largest absolute Gasteiger partial charge is 0.459 e. The van der Waals surface area contributed by atoms with Gasteiger partial charge in [-0.3, -0.25) is 14.5 Å². The number of halogens is 3. The third-order valence-electron chi connectivity index (χ3n) is 6.92. The number of imide groups is 1. The zero-order chi connectivity index (χ0) is 28.9. The molecule has 3 atom stereocenters. The third kappa shape index (κ3) is 5.42. The van der Waals surface area contributed by atoms with Gasteiger partial charge in [-0.1, -0.05) is 78.9 Å². The summed E-state index contributed by atoms with van der Waals surface area (Å²) < 4.78 is 53.7. The van der Waals surface area contributed by atoms with Gasteiger partial charge in [0.2, 0.25) is 0 Å². The zero-order valence-corrected chi connectivity index (χ0v) is 21.8. The fraction of sp³-hybridized carbons (Fsp3) is 0.258. The van der Waals surface area contributed by atoms with Crippen LogP contribution in [-0.4, -0.2) is 48.1 Å². The summed E-state index contributed by atoms with van der Waals surface area (Å²) in [4.78, 5) is 41.1. The second-order valence-electron chi connectivity index (χ2n) is 9.41. The van der Waals surface area contributed by atoms with Crippen LogP contribution >= 0.6 is 0 Å². The highest BCUT2D eigenvalue weighted by atomic mass is 19.4. The standard InChI is InChI=1S/C31H28F3NO5/c1-3-12-24(40-29(38)30(39-2,31(32,33)34)22-15-8-5-9-16-22)20-23(19-21-13-6-4-7-14-21)35-27(36)25-17-10-11-18-26(25)28(35)37/h3-11,13-18,23-24H,1,12,19-20H2,2H3/t23-,24+,30-/m0/s1. The van der Waals surface area contributed by atoms with E-state index in [1.165, 1.54) is 24.3 Å². The summed E-state index contributed by atoms with van der Waals surface area (Å²) in [6, 6.07) is 21.1. The zero-order valence-electron chi connectivity index (χ0n) is 21.8. The van der Waals surface area contributed by atoms with Gasteiger partial charge < -0.3 is 9.47 Å². The van der Waals surface area contributed by atoms with Crippen molar-refractivity contribution in [2.75, 3.05) is 7.11 Å². The first kappa shape index (κ1) is 28.8. The predicted molar refractivity (Wildman–Crippen MR) is 141 cm³/mol. The van der Waals surface area contributed by atoms with Crippen molar-refractivity contribution in [3.05, 3.63) is 120 Å². The minimum atomic E-state index is -5.15. The Morgan fingerprint density at radius 2 is 1.43 bits per heavy atom. The molecular formula is C31H28F3NO5. The smallest absolute Gasteiger partial charge is 0.432 e. The number of carbonyl (C=O) groups is 3. The molecule has 6 nitrogen and oxygen atoms in total. The summed E-state index contributed by atoms with van der Waals surface area (Å²) in [5.74, 6) is -2.69. The highest BCUT2D eigenvalue weighted by Gasteiger charge is 2.64. The number of nitrogens with zero attached hydrogens (tertiary/aromatic N) is 1. The fourth-order valence-electron chi connectivity index (χ4n) is 5.01. The van der Waals surface area contributed by atoms with Crippen LogP contribution in [0.5, 0.6) is 0 Å². The fourth-order valence-corrected chi connectivity index (χ4v) is 5.01. The normalized spacial score (nSPS) is 16.1. The van der Waals surface area contributed by atoms with E-state index in [1.807, 2.05) is 18.2 Å². The van der Waals surface area contributed by atoms with Crippen molar-refractivity contribution in [1.82, 2.24) is 4.90 Å². The first-order chi connectivity index (χ1) is 19.1. The van der Waals surface area contributed by atoms with Crippen molar-refractivity contribution in [2.24, 2.45) is 0 Å². The van der Waals surface area contributed by atoms with Gasteiger partial charge in [0.25, 0.3) is 17.4 Å². The molecule has 2 amide bonds. The van der Waals surface area contributed by atoms with Crippen molar-refractivity contribution in [1.29, 1.82) is 0 Å². The third-order valence-corrected chi connectivity index (χ3v) is 6.92. The summed E-state index contributed by atoms with van der Waals surface area (Å²) in [6.45, 7) is 3.66. The summed E-state index contributed by atoms with van der Waals surface area (Å²) in [7, 11) is 0.793. The Labute approximate surface area is 230 Å². The minimum absolute atomic E-state index is 0.0212. The Morgan fingerprint density at radius 1 is 0.900 bits per heavy atom. The van der Waals surface area contributed by atoms with E-state index in [-0.39, 0.29) is 30.4 Å². The van der Waals surface area contributed by atoms with Gasteiger partial charge in [-0.25, -0.2) is 4.79 Å². The van der Waals surface area contributed by atoms with Crippen molar-refractivity contribution in [2.45, 2.75) is 43.2 Å². The van der Waals surface area contributed by atoms with Crippen LogP contribution < -0.4 is 0 Å². The number of fused-ring (bicyclic) bond motifs is 1. The van der Waals surface area contributed by atoms with Gasteiger partial charge in [0, 0.05) is 31.6 Å². The predicted octanol–water partition coefficient (Wildman–Crippen LogP) is 5.88. The van der Waals surface area contributed by atoms with E-state index in [0.29, 0.717) is 0 Å². The molecule has 0 N–H and O–H groups in total. The maximum Gasteiger partial charge on any atom is 0.432 e. The summed E-state index contributed by atoms with van der Waals surface area (Å²) >= 11 is 0. The molecule has 0 fully saturated rings. The molecule has 0 radical (unpaired) electrons. The highest BCUT2D eigenvalue weighted by molar-refractivity contribution is 6.21. The van der Waals surface area contributed by atoms with Gasteiger partial charge in [0.1, 0.15) is 6.10 Å². The Bertz CT molecular complexity index is 1340. The average molecular weight is 552 g/mol. The van der Waals surface area contributed by atoms with Gasteiger partial charge in [0.15, 0.2) is 0 Å². The van der Waals surface area contributed by atoms with Gasteiger partial charge in [0.05, 0.1) is 11.1 Å². The van der Waals surface area contributed by atoms with Gasteiger partial charge in [-0.05, 0) is 24.1 Å². The Morgan fingerprint density at radius 3 is 1.93 bits per heavy atom. The molecule has 208 valence electrons. The lowest BCUT2D eigenvalue weighted by Crippen LogP contribution is -2.53. The molecule has 0 unspecified atom stereocenters. The first-order valence-corrected chi connectivity index (χ1v) is 12.6. The molecule has 0 bridgehead atoms. The summed E-state index contributed by atoms with van der Waals surface area (Å²) in [6.07, 6.45) is -4.83. The van der Waals surface area contributed by atoms with E-state index in [2.05, 4.69) is 6.58 Å². The molecule has 0 saturated heterocycles. The minimum Gasteiger partial charge on any atom is -0.459 e. The van der Waals surface area contributed by atoms with Crippen LogP contribution in [0.25, 0.3) is 0 Å². The summed E-state index contributed by atoms with van der Waals surface area (Å²) in [5.41, 5.74) is -2.55. The molecule has 1 aliphatic rings. The lowest BCUT2D eigenvalue weighted by Gasteiger charge is -2.35. The Kier molecular flexibility index (Phi) is 8.54. The highest BCUT2D eigenvalue weighted by Crippen LogP contribution is 2.43. The van der Waals surface area contributed by atoms with Crippen LogP contribution in [0.3, 0.4) is 0 Å². The van der Waals surface area contributed by atoms with Crippen molar-refractivity contribution >= 4 is 17.8 Å². The van der Waals surface area contributed by atoms with E-state index >= 15 is 0 Å². The Hall–Kier alpha value is -4.24. The Balaban J connectivity index is 1.68. The van der Waals surface area contributed by atoms with Crippen LogP contribution in [0.4, 0.5) is 13.2 Å². The number of esters is 1. The van der Waals surface area contributed by atoms with Gasteiger partial charge >= 0.3 is 12.1 Å². The molecule has 0 aliphatic carbocycles. The molecule has 0 saturated carbocycles. The molecule has 1 heterocycles. The molecule has 0 aromatic heterocycles. The quantitative estimate of drug-likeness (QED) is 0.169. The van der Waals surface area contributed by atoms with E-state index in [0.717, 1.165) is 29.7 Å². The van der Waals surface area contributed by atoms with E-state index < -0.39 is 47.3 Å². The maximum absolute atomic E-state index is 14.5. The number of hydrogen-bond acceptors (Lipinski definition) is 5. The number of amides is 2. The molecular weight excluding hydrogens is 523 g/mol. The number of hydrogen-bond donors (Lipinski definition) is 0. The van der Waals surface area contributed by atoms with Crippen molar-refractivity contribution in [3.8, 4) is 0 Å². The molecule has 3 aromatic carbocycles. The van der Waals surface area contributed by atoms with Crippen LogP contribution in [0, 0.1) is 0 Å². The van der Waals surface area contributed by atoms with Crippen molar-refractivity contribution in [3.63, 3.8) is 0 Å². The number of rotatable bonds is 11. The average Bonchev–Trinajstić information content (AvgIpc) is 3.19. The molecule has 40 heavy (non-hydrogen) atoms. The summed E-state index contributed by atoms with van der Waals surface area (Å²) in [5, 5.41) is 0. The SMILES string of the molecule is C=CC[C@H](C[C@H](Cc1ccccc1)N1C(=O)c2ccccc2C1=O)OC(=O)[C@@](OC)(c1ccccc1)C(F)(F)F. The molecule has 1 aliphatic heterocycles.